The van der Waals surface area contributed by atoms with Crippen molar-refractivity contribution in [2.45, 2.75) is 0 Å². The third-order valence-electron chi connectivity index (χ3n) is 5.41. The molecule has 0 unspecified atom stereocenters. The van der Waals surface area contributed by atoms with Gasteiger partial charge in [-0.25, -0.2) is 0 Å². The first-order chi connectivity index (χ1) is 15.1. The van der Waals surface area contributed by atoms with Gasteiger partial charge in [-0.3, -0.25) is 9.78 Å². The van der Waals surface area contributed by atoms with Crippen LogP contribution in [0.2, 0.25) is 0 Å². The van der Waals surface area contributed by atoms with Gasteiger partial charge in [0.05, 0.1) is 43.0 Å². The highest BCUT2D eigenvalue weighted by Crippen LogP contribution is 2.43. The Balaban J connectivity index is 1.89. The fourth-order valence-corrected chi connectivity index (χ4v) is 3.94. The van der Waals surface area contributed by atoms with Crippen LogP contribution in [0, 0.1) is 0 Å². The summed E-state index contributed by atoms with van der Waals surface area (Å²) in [6.07, 6.45) is 1.75. The smallest absolute Gasteiger partial charge is 0.193 e. The van der Waals surface area contributed by atoms with Crippen molar-refractivity contribution in [3.8, 4) is 28.6 Å². The summed E-state index contributed by atoms with van der Waals surface area (Å²) in [6.45, 7) is 0. The van der Waals surface area contributed by atoms with Crippen molar-refractivity contribution in [2.75, 3.05) is 21.3 Å². The van der Waals surface area contributed by atoms with Crippen LogP contribution in [-0.2, 0) is 0 Å². The maximum absolute atomic E-state index is 13.1. The normalized spacial score (nSPS) is 11.2. The molecule has 3 aromatic carbocycles. The monoisotopic (exact) mass is 413 g/mol. The van der Waals surface area contributed by atoms with E-state index in [1.165, 1.54) is 6.07 Å². The Morgan fingerprint density at radius 2 is 1.55 bits per heavy atom. The average molecular weight is 413 g/mol. The highest BCUT2D eigenvalue weighted by molar-refractivity contribution is 6.13. The Morgan fingerprint density at radius 1 is 0.806 bits per heavy atom. The molecule has 5 rings (SSSR count). The van der Waals surface area contributed by atoms with E-state index in [2.05, 4.69) is 4.98 Å². The lowest BCUT2D eigenvalue weighted by Gasteiger charge is -2.15. The van der Waals surface area contributed by atoms with Crippen molar-refractivity contribution in [2.24, 2.45) is 0 Å². The minimum Gasteiger partial charge on any atom is -0.496 e. The Bertz CT molecular complexity index is 1520. The molecule has 0 amide bonds. The van der Waals surface area contributed by atoms with Gasteiger partial charge in [-0.05, 0) is 42.5 Å². The maximum Gasteiger partial charge on any atom is 0.193 e. The Hall–Kier alpha value is -4.06. The Morgan fingerprint density at radius 3 is 2.29 bits per heavy atom. The molecule has 0 radical (unpaired) electrons. The summed E-state index contributed by atoms with van der Waals surface area (Å²) in [4.78, 5) is 17.5. The van der Waals surface area contributed by atoms with Crippen molar-refractivity contribution < 1.29 is 18.6 Å². The SMILES string of the molecule is COc1ccc(OC)c2c1c(OC)cc1c(=O)cc(-c3ccc4ncccc4c3)oc12. The third kappa shape index (κ3) is 2.95. The van der Waals surface area contributed by atoms with Gasteiger partial charge < -0.3 is 18.6 Å². The third-order valence-corrected chi connectivity index (χ3v) is 5.41. The van der Waals surface area contributed by atoms with Crippen LogP contribution >= 0.6 is 0 Å². The minimum absolute atomic E-state index is 0.174. The first kappa shape index (κ1) is 18.9. The molecule has 6 nitrogen and oxygen atoms in total. The number of methoxy groups -OCH3 is 3. The van der Waals surface area contributed by atoms with E-state index in [1.807, 2.05) is 30.3 Å². The second-order valence-electron chi connectivity index (χ2n) is 7.06. The number of nitrogens with zero attached hydrogens (tertiary/aromatic N) is 1. The summed E-state index contributed by atoms with van der Waals surface area (Å²) in [5, 5.41) is 2.67. The zero-order valence-corrected chi connectivity index (χ0v) is 17.3. The van der Waals surface area contributed by atoms with Gasteiger partial charge in [-0.15, -0.1) is 0 Å². The topological polar surface area (TPSA) is 70.8 Å². The average Bonchev–Trinajstić information content (AvgIpc) is 2.82. The molecule has 0 aliphatic rings. The van der Waals surface area contributed by atoms with Crippen LogP contribution in [0.3, 0.4) is 0 Å². The number of pyridine rings is 1. The molecule has 0 aliphatic heterocycles. The van der Waals surface area contributed by atoms with E-state index >= 15 is 0 Å². The lowest BCUT2D eigenvalue weighted by Crippen LogP contribution is -2.03. The molecular formula is C25H19NO5. The van der Waals surface area contributed by atoms with E-state index in [4.69, 9.17) is 18.6 Å². The number of rotatable bonds is 4. The number of hydrogen-bond acceptors (Lipinski definition) is 6. The van der Waals surface area contributed by atoms with Crippen LogP contribution in [-0.4, -0.2) is 26.3 Å². The number of aromatic nitrogens is 1. The molecule has 0 atom stereocenters. The molecule has 154 valence electrons. The van der Waals surface area contributed by atoms with Gasteiger partial charge >= 0.3 is 0 Å². The molecule has 2 aromatic heterocycles. The van der Waals surface area contributed by atoms with Gasteiger partial charge in [0.15, 0.2) is 11.0 Å². The van der Waals surface area contributed by atoms with Crippen LogP contribution in [0.1, 0.15) is 0 Å². The Labute approximate surface area is 177 Å². The van der Waals surface area contributed by atoms with Crippen molar-refractivity contribution in [3.05, 3.63) is 71.0 Å². The molecule has 0 fully saturated rings. The molecule has 31 heavy (non-hydrogen) atoms. The number of fused-ring (bicyclic) bond motifs is 4. The summed E-state index contributed by atoms with van der Waals surface area (Å²) < 4.78 is 23.0. The molecular weight excluding hydrogens is 394 g/mol. The zero-order valence-electron chi connectivity index (χ0n) is 17.3. The van der Waals surface area contributed by atoms with Gasteiger partial charge in [0.25, 0.3) is 0 Å². The molecule has 0 spiro atoms. The first-order valence-electron chi connectivity index (χ1n) is 9.69. The van der Waals surface area contributed by atoms with Gasteiger partial charge in [0, 0.05) is 23.2 Å². The van der Waals surface area contributed by atoms with Crippen LogP contribution in [0.4, 0.5) is 0 Å². The van der Waals surface area contributed by atoms with Crippen molar-refractivity contribution in [1.82, 2.24) is 4.98 Å². The highest BCUT2D eigenvalue weighted by atomic mass is 16.5. The molecule has 0 N–H and O–H groups in total. The van der Waals surface area contributed by atoms with E-state index < -0.39 is 0 Å². The van der Waals surface area contributed by atoms with Gasteiger partial charge in [-0.2, -0.15) is 0 Å². The van der Waals surface area contributed by atoms with E-state index in [1.54, 1.807) is 45.7 Å². The van der Waals surface area contributed by atoms with Gasteiger partial charge in [0.1, 0.15) is 23.0 Å². The molecule has 5 aromatic rings. The van der Waals surface area contributed by atoms with Crippen LogP contribution < -0.4 is 19.6 Å². The number of hydrogen-bond donors (Lipinski definition) is 0. The van der Waals surface area contributed by atoms with Crippen LogP contribution in [0.5, 0.6) is 17.2 Å². The second-order valence-corrected chi connectivity index (χ2v) is 7.06. The second kappa shape index (κ2) is 7.32. The van der Waals surface area contributed by atoms with Crippen molar-refractivity contribution >= 4 is 32.6 Å². The molecule has 0 bridgehead atoms. The van der Waals surface area contributed by atoms with Crippen molar-refractivity contribution in [3.63, 3.8) is 0 Å². The summed E-state index contributed by atoms with van der Waals surface area (Å²) in [5.41, 5.74) is 1.90. The largest absolute Gasteiger partial charge is 0.496 e. The van der Waals surface area contributed by atoms with Gasteiger partial charge in [-0.1, -0.05) is 6.07 Å². The predicted octanol–water partition coefficient (Wildman–Crippen LogP) is 5.19. The summed E-state index contributed by atoms with van der Waals surface area (Å²) in [7, 11) is 4.71. The molecule has 0 saturated carbocycles. The molecule has 0 aliphatic carbocycles. The first-order valence-corrected chi connectivity index (χ1v) is 9.69. The fourth-order valence-electron chi connectivity index (χ4n) is 3.94. The summed E-state index contributed by atoms with van der Waals surface area (Å²) >= 11 is 0. The van der Waals surface area contributed by atoms with E-state index in [0.29, 0.717) is 44.8 Å². The Kier molecular flexibility index (Phi) is 4.47. The van der Waals surface area contributed by atoms with Crippen molar-refractivity contribution in [1.29, 1.82) is 0 Å². The summed E-state index contributed by atoms with van der Waals surface area (Å²) in [5.74, 6) is 2.12. The standard InChI is InChI=1S/C25H19NO5/c1-28-19-8-9-20(29-2)24-23(19)22(30-3)12-16-18(27)13-21(31-25(16)24)15-6-7-17-14(11-15)5-4-10-26-17/h4-13H,1-3H3. The molecule has 6 heteroatoms. The van der Waals surface area contributed by atoms with E-state index in [-0.39, 0.29) is 5.43 Å². The van der Waals surface area contributed by atoms with Crippen LogP contribution in [0.25, 0.3) is 44.0 Å². The fraction of sp³-hybridized carbons (Fsp3) is 0.120. The maximum atomic E-state index is 13.1. The van der Waals surface area contributed by atoms with Crippen LogP contribution in [0.15, 0.2) is 70.0 Å². The summed E-state index contributed by atoms with van der Waals surface area (Å²) in [6, 6.07) is 16.4. The number of benzene rings is 3. The van der Waals surface area contributed by atoms with Gasteiger partial charge in [0.2, 0.25) is 0 Å². The molecule has 2 heterocycles. The lowest BCUT2D eigenvalue weighted by atomic mass is 10.0. The molecule has 0 saturated heterocycles. The minimum atomic E-state index is -0.174. The quantitative estimate of drug-likeness (QED) is 0.378. The van der Waals surface area contributed by atoms with E-state index in [0.717, 1.165) is 16.5 Å². The zero-order chi connectivity index (χ0) is 21.5. The highest BCUT2D eigenvalue weighted by Gasteiger charge is 2.20. The number of ether oxygens (including phenoxy) is 3. The van der Waals surface area contributed by atoms with E-state index in [9.17, 15) is 4.79 Å². The predicted molar refractivity (Wildman–Crippen MR) is 120 cm³/mol. The lowest BCUT2D eigenvalue weighted by molar-refractivity contribution is 0.400.